The SMILES string of the molecule is C=CCn1c(SCC(=O)Nc2nc(C)no2)nnc1C1CCCCC1. The molecule has 0 unspecified atom stereocenters. The highest BCUT2D eigenvalue weighted by Gasteiger charge is 2.23. The number of rotatable bonds is 7. The van der Waals surface area contributed by atoms with Crippen molar-refractivity contribution in [1.82, 2.24) is 24.9 Å². The molecule has 1 amide bonds. The van der Waals surface area contributed by atoms with Crippen molar-refractivity contribution in [3.8, 4) is 0 Å². The van der Waals surface area contributed by atoms with Crippen LogP contribution >= 0.6 is 11.8 Å². The maximum Gasteiger partial charge on any atom is 0.328 e. The van der Waals surface area contributed by atoms with Crippen LogP contribution in [-0.4, -0.2) is 36.6 Å². The van der Waals surface area contributed by atoms with Gasteiger partial charge in [-0.2, -0.15) is 4.98 Å². The van der Waals surface area contributed by atoms with Crippen LogP contribution in [0.5, 0.6) is 0 Å². The zero-order chi connectivity index (χ0) is 17.6. The Kier molecular flexibility index (Phi) is 5.85. The Morgan fingerprint density at radius 2 is 2.20 bits per heavy atom. The Labute approximate surface area is 150 Å². The molecule has 1 saturated carbocycles. The molecule has 0 aromatic carbocycles. The van der Waals surface area contributed by atoms with Crippen molar-refractivity contribution >= 4 is 23.7 Å². The molecule has 0 radical (unpaired) electrons. The van der Waals surface area contributed by atoms with Crippen LogP contribution in [0.2, 0.25) is 0 Å². The van der Waals surface area contributed by atoms with E-state index < -0.39 is 0 Å². The zero-order valence-electron chi connectivity index (χ0n) is 14.3. The van der Waals surface area contributed by atoms with Gasteiger partial charge >= 0.3 is 6.01 Å². The standard InChI is InChI=1S/C16H22N6O2S/c1-3-9-22-14(12-7-5-4-6-8-12)19-20-16(22)25-10-13(23)18-15-17-11(2)21-24-15/h3,12H,1,4-10H2,2H3,(H,17,18,21,23). The summed E-state index contributed by atoms with van der Waals surface area (Å²) in [7, 11) is 0. The average Bonchev–Trinajstić information content (AvgIpc) is 3.20. The first-order valence-electron chi connectivity index (χ1n) is 8.44. The minimum atomic E-state index is -0.221. The highest BCUT2D eigenvalue weighted by molar-refractivity contribution is 7.99. The Morgan fingerprint density at radius 1 is 1.40 bits per heavy atom. The van der Waals surface area contributed by atoms with E-state index in [9.17, 15) is 4.79 Å². The van der Waals surface area contributed by atoms with Crippen LogP contribution in [-0.2, 0) is 11.3 Å². The summed E-state index contributed by atoms with van der Waals surface area (Å²) in [6.45, 7) is 6.16. The van der Waals surface area contributed by atoms with Gasteiger partial charge in [0.05, 0.1) is 5.75 Å². The number of hydrogen-bond acceptors (Lipinski definition) is 7. The molecule has 1 aliphatic carbocycles. The monoisotopic (exact) mass is 362 g/mol. The van der Waals surface area contributed by atoms with Crippen molar-refractivity contribution in [1.29, 1.82) is 0 Å². The third-order valence-electron chi connectivity index (χ3n) is 4.13. The van der Waals surface area contributed by atoms with Crippen LogP contribution < -0.4 is 5.32 Å². The van der Waals surface area contributed by atoms with E-state index in [1.807, 2.05) is 6.08 Å². The van der Waals surface area contributed by atoms with E-state index in [1.165, 1.54) is 31.0 Å². The lowest BCUT2D eigenvalue weighted by atomic mass is 9.89. The average molecular weight is 362 g/mol. The molecule has 0 bridgehead atoms. The summed E-state index contributed by atoms with van der Waals surface area (Å²) in [4.78, 5) is 16.0. The van der Waals surface area contributed by atoms with E-state index in [1.54, 1.807) is 6.92 Å². The second-order valence-electron chi connectivity index (χ2n) is 6.06. The first-order chi connectivity index (χ1) is 12.2. The number of thioether (sulfide) groups is 1. The predicted octanol–water partition coefficient (Wildman–Crippen LogP) is 2.93. The number of nitrogens with one attached hydrogen (secondary N) is 1. The summed E-state index contributed by atoms with van der Waals surface area (Å²) in [5, 5.41) is 15.6. The van der Waals surface area contributed by atoms with Gasteiger partial charge in [-0.3, -0.25) is 10.1 Å². The third-order valence-corrected chi connectivity index (χ3v) is 5.10. The minimum absolute atomic E-state index is 0.110. The summed E-state index contributed by atoms with van der Waals surface area (Å²) in [5.74, 6) is 1.91. The van der Waals surface area contributed by atoms with Gasteiger partial charge in [-0.25, -0.2) is 0 Å². The molecule has 0 saturated heterocycles. The van der Waals surface area contributed by atoms with E-state index in [4.69, 9.17) is 4.52 Å². The summed E-state index contributed by atoms with van der Waals surface area (Å²) in [6.07, 6.45) is 7.90. The first kappa shape index (κ1) is 17.7. The van der Waals surface area contributed by atoms with Gasteiger partial charge in [0.15, 0.2) is 11.0 Å². The maximum absolute atomic E-state index is 12.0. The van der Waals surface area contributed by atoms with Gasteiger partial charge < -0.3 is 9.09 Å². The van der Waals surface area contributed by atoms with Crippen molar-refractivity contribution in [2.45, 2.75) is 56.6 Å². The molecule has 0 aliphatic heterocycles. The van der Waals surface area contributed by atoms with Crippen molar-refractivity contribution in [2.75, 3.05) is 11.1 Å². The van der Waals surface area contributed by atoms with Crippen molar-refractivity contribution < 1.29 is 9.32 Å². The predicted molar refractivity (Wildman–Crippen MR) is 94.4 cm³/mol. The lowest BCUT2D eigenvalue weighted by molar-refractivity contribution is -0.114. The molecular formula is C16H22N6O2S. The molecule has 1 N–H and O–H groups in total. The summed E-state index contributed by atoms with van der Waals surface area (Å²) < 4.78 is 6.95. The molecule has 25 heavy (non-hydrogen) atoms. The van der Waals surface area contributed by atoms with Gasteiger partial charge in [0.1, 0.15) is 5.82 Å². The Morgan fingerprint density at radius 3 is 2.88 bits per heavy atom. The molecule has 9 heteroatoms. The summed E-state index contributed by atoms with van der Waals surface area (Å²) >= 11 is 1.35. The summed E-state index contributed by atoms with van der Waals surface area (Å²) in [5.41, 5.74) is 0. The van der Waals surface area contributed by atoms with Crippen molar-refractivity contribution in [3.05, 3.63) is 24.3 Å². The van der Waals surface area contributed by atoms with Gasteiger partial charge in [-0.05, 0) is 19.8 Å². The quantitative estimate of drug-likeness (QED) is 0.597. The van der Waals surface area contributed by atoms with Gasteiger partial charge in [0, 0.05) is 12.5 Å². The maximum atomic E-state index is 12.0. The van der Waals surface area contributed by atoms with Crippen molar-refractivity contribution in [3.63, 3.8) is 0 Å². The fourth-order valence-corrected chi connectivity index (χ4v) is 3.76. The molecule has 0 spiro atoms. The fourth-order valence-electron chi connectivity index (χ4n) is 3.00. The Balaban J connectivity index is 1.64. The fraction of sp³-hybridized carbons (Fsp3) is 0.562. The van der Waals surface area contributed by atoms with Gasteiger partial charge in [0.25, 0.3) is 0 Å². The number of anilines is 1. The number of amides is 1. The normalized spacial score (nSPS) is 15.2. The molecular weight excluding hydrogens is 340 g/mol. The van der Waals surface area contributed by atoms with E-state index in [0.29, 0.717) is 18.3 Å². The smallest absolute Gasteiger partial charge is 0.315 e. The molecule has 1 fully saturated rings. The van der Waals surface area contributed by atoms with Gasteiger partial charge in [-0.15, -0.1) is 16.8 Å². The number of carbonyl (C=O) groups excluding carboxylic acids is 1. The van der Waals surface area contributed by atoms with Crippen LogP contribution in [0.25, 0.3) is 0 Å². The molecule has 2 aromatic rings. The van der Waals surface area contributed by atoms with E-state index in [0.717, 1.165) is 23.8 Å². The number of allylic oxidation sites excluding steroid dienone is 1. The highest BCUT2D eigenvalue weighted by atomic mass is 32.2. The molecule has 134 valence electrons. The van der Waals surface area contributed by atoms with Gasteiger partial charge in [0.2, 0.25) is 5.91 Å². The number of aryl methyl sites for hydroxylation is 1. The summed E-state index contributed by atoms with van der Waals surface area (Å²) in [6, 6.07) is 0.110. The van der Waals surface area contributed by atoms with Crippen LogP contribution in [0.15, 0.2) is 22.3 Å². The van der Waals surface area contributed by atoms with E-state index in [-0.39, 0.29) is 17.7 Å². The van der Waals surface area contributed by atoms with Crippen LogP contribution in [0.3, 0.4) is 0 Å². The second-order valence-corrected chi connectivity index (χ2v) is 7.00. The zero-order valence-corrected chi connectivity index (χ0v) is 15.1. The number of carbonyl (C=O) groups is 1. The molecule has 2 aromatic heterocycles. The number of nitrogens with zero attached hydrogens (tertiary/aromatic N) is 5. The molecule has 2 heterocycles. The molecule has 0 atom stereocenters. The van der Waals surface area contributed by atoms with Crippen LogP contribution in [0, 0.1) is 6.92 Å². The van der Waals surface area contributed by atoms with E-state index >= 15 is 0 Å². The van der Waals surface area contributed by atoms with Crippen LogP contribution in [0.4, 0.5) is 6.01 Å². The van der Waals surface area contributed by atoms with Crippen LogP contribution in [0.1, 0.15) is 49.7 Å². The largest absolute Gasteiger partial charge is 0.328 e. The lowest BCUT2D eigenvalue weighted by Crippen LogP contribution is -2.15. The minimum Gasteiger partial charge on any atom is -0.315 e. The Bertz CT molecular complexity index is 735. The highest BCUT2D eigenvalue weighted by Crippen LogP contribution is 2.33. The van der Waals surface area contributed by atoms with Gasteiger partial charge in [-0.1, -0.05) is 42.3 Å². The molecule has 1 aliphatic rings. The molecule has 8 nitrogen and oxygen atoms in total. The first-order valence-corrected chi connectivity index (χ1v) is 9.43. The Hall–Kier alpha value is -2.16. The lowest BCUT2D eigenvalue weighted by Gasteiger charge is -2.21. The van der Waals surface area contributed by atoms with E-state index in [2.05, 4.69) is 36.8 Å². The number of aromatic nitrogens is 5. The molecule has 3 rings (SSSR count). The topological polar surface area (TPSA) is 98.7 Å². The second kappa shape index (κ2) is 8.28. The van der Waals surface area contributed by atoms with Crippen molar-refractivity contribution in [2.24, 2.45) is 0 Å². The number of hydrogen-bond donors (Lipinski definition) is 1. The third kappa shape index (κ3) is 4.47.